The van der Waals surface area contributed by atoms with Gasteiger partial charge in [-0.05, 0) is 50.9 Å². The van der Waals surface area contributed by atoms with Crippen molar-refractivity contribution in [3.05, 3.63) is 59.7 Å². The van der Waals surface area contributed by atoms with Crippen LogP contribution in [0.5, 0.6) is 0 Å². The highest BCUT2D eigenvalue weighted by molar-refractivity contribution is 5.93. The number of hydrogen-bond donors (Lipinski definition) is 5. The van der Waals surface area contributed by atoms with E-state index in [-0.39, 0.29) is 11.9 Å². The molecule has 0 fully saturated rings. The van der Waals surface area contributed by atoms with Crippen LogP contribution in [0.3, 0.4) is 0 Å². The van der Waals surface area contributed by atoms with Crippen molar-refractivity contribution < 1.29 is 44.5 Å². The molecule has 0 heterocycles. The van der Waals surface area contributed by atoms with Crippen molar-refractivity contribution in [2.45, 2.75) is 52.7 Å². The van der Waals surface area contributed by atoms with Crippen LogP contribution in [0.4, 0.5) is 5.69 Å². The normalized spacial score (nSPS) is 10.6. The van der Waals surface area contributed by atoms with E-state index in [1.807, 2.05) is 32.0 Å². The Kier molecular flexibility index (Phi) is 21.9. The maximum Gasteiger partial charge on any atom is 0.320 e. The van der Waals surface area contributed by atoms with Crippen molar-refractivity contribution in [3.8, 4) is 0 Å². The summed E-state index contributed by atoms with van der Waals surface area (Å²) in [6.07, 6.45) is -0.590. The van der Waals surface area contributed by atoms with Gasteiger partial charge in [0.25, 0.3) is 15.3 Å². The molecule has 8 N–H and O–H groups in total. The molecular formula is C23H41N9O12. The fourth-order valence-corrected chi connectivity index (χ4v) is 3.00. The van der Waals surface area contributed by atoms with Crippen molar-refractivity contribution in [2.75, 3.05) is 44.7 Å². The molecule has 1 aromatic carbocycles. The first kappa shape index (κ1) is 41.1. The number of aliphatic carboxylic acids is 1. The number of likely N-dealkylation sites (N-methyl/N-ethyl adjacent to an activating group) is 1. The quantitative estimate of drug-likeness (QED) is 0.0466. The average Bonchev–Trinajstić information content (AvgIpc) is 2.93. The van der Waals surface area contributed by atoms with E-state index in [1.165, 1.54) is 0 Å². The molecule has 1 amide bonds. The monoisotopic (exact) mass is 635 g/mol. The Morgan fingerprint density at radius 3 is 1.89 bits per heavy atom. The topological polar surface area (TPSA) is 317 Å². The smallest absolute Gasteiger partial charge is 0.320 e. The summed E-state index contributed by atoms with van der Waals surface area (Å²) in [6.45, 7) is 9.15. The number of aliphatic imine (C=N–C) groups is 1. The van der Waals surface area contributed by atoms with Crippen LogP contribution in [0.25, 0.3) is 0 Å². The summed E-state index contributed by atoms with van der Waals surface area (Å²) in [7, 11) is 0. The standard InChI is InChI=1S/C14H22N2O.C6H14N4O2.C3H5N3O9/c1-5-16(6-2)10-13(17)15-14-11(3)8-7-9-12(14)4;7-4(5(11)12)2-1-3-10-6(8)9;7-4(8)13-1-3(15-6(11)12)2-14-5(9)10/h7-9H,5-6,10H2,1-4H3,(H,15,17);4H,1-3,7H2,(H,11,12)(H4,8,9,10);3H,1-2H2/t;4-;/m.0./s1. The molecule has 0 bridgehead atoms. The molecule has 250 valence electrons. The van der Waals surface area contributed by atoms with Gasteiger partial charge >= 0.3 is 5.97 Å². The summed E-state index contributed by atoms with van der Waals surface area (Å²) in [4.78, 5) is 68.4. The van der Waals surface area contributed by atoms with Gasteiger partial charge in [-0.1, -0.05) is 32.0 Å². The first-order valence-electron chi connectivity index (χ1n) is 13.0. The number of amides is 1. The van der Waals surface area contributed by atoms with Gasteiger partial charge in [0.1, 0.15) is 19.3 Å². The molecule has 1 rings (SSSR count). The fourth-order valence-electron chi connectivity index (χ4n) is 3.00. The number of carbonyl (C=O) groups excluding carboxylic acids is 1. The second kappa shape index (κ2) is 23.5. The summed E-state index contributed by atoms with van der Waals surface area (Å²) in [5, 5.41) is 36.9. The molecule has 1 aromatic rings. The number of guanidine groups is 1. The van der Waals surface area contributed by atoms with E-state index in [1.54, 1.807) is 0 Å². The lowest BCUT2D eigenvalue weighted by Crippen LogP contribution is -2.33. The number of carboxylic acids is 1. The molecule has 0 radical (unpaired) electrons. The van der Waals surface area contributed by atoms with Gasteiger partial charge in [0, 0.05) is 12.2 Å². The highest BCUT2D eigenvalue weighted by atomic mass is 17.0. The third-order valence-electron chi connectivity index (χ3n) is 5.26. The maximum atomic E-state index is 11.9. The molecule has 0 saturated carbocycles. The minimum atomic E-state index is -1.55. The van der Waals surface area contributed by atoms with Crippen LogP contribution in [0, 0.1) is 44.2 Å². The van der Waals surface area contributed by atoms with Crippen LogP contribution in [-0.2, 0) is 24.1 Å². The highest BCUT2D eigenvalue weighted by Crippen LogP contribution is 2.19. The number of carbonyl (C=O) groups is 2. The SMILES string of the molecule is CCN(CC)CC(=O)Nc1c(C)cccc1C.NC(N)=NCCC[C@H](N)C(=O)O.O=[N+]([O-])OCC(CO[N+](=O)[O-])O[N+](=O)[O-]. The van der Waals surface area contributed by atoms with Crippen LogP contribution in [0.2, 0.25) is 0 Å². The Balaban J connectivity index is 0. The number of anilines is 1. The predicted molar refractivity (Wildman–Crippen MR) is 156 cm³/mol. The van der Waals surface area contributed by atoms with Crippen LogP contribution >= 0.6 is 0 Å². The summed E-state index contributed by atoms with van der Waals surface area (Å²) in [5.74, 6) is -0.926. The van der Waals surface area contributed by atoms with Gasteiger partial charge in [-0.2, -0.15) is 0 Å². The molecule has 0 aliphatic rings. The van der Waals surface area contributed by atoms with E-state index < -0.39 is 46.6 Å². The minimum Gasteiger partial charge on any atom is -0.480 e. The second-order valence-corrected chi connectivity index (χ2v) is 8.66. The molecule has 0 aliphatic heterocycles. The molecule has 0 aliphatic carbocycles. The van der Waals surface area contributed by atoms with E-state index in [0.29, 0.717) is 25.9 Å². The molecule has 0 unspecified atom stereocenters. The lowest BCUT2D eigenvalue weighted by Gasteiger charge is -2.18. The largest absolute Gasteiger partial charge is 0.480 e. The van der Waals surface area contributed by atoms with Gasteiger partial charge in [0.2, 0.25) is 5.91 Å². The Morgan fingerprint density at radius 1 is 1.00 bits per heavy atom. The van der Waals surface area contributed by atoms with E-state index in [0.717, 1.165) is 29.9 Å². The number of carboxylic acid groups (broad SMARTS) is 1. The zero-order chi connectivity index (χ0) is 34.2. The van der Waals surface area contributed by atoms with E-state index in [4.69, 9.17) is 22.3 Å². The molecule has 0 saturated heterocycles. The van der Waals surface area contributed by atoms with Gasteiger partial charge < -0.3 is 42.1 Å². The first-order valence-corrected chi connectivity index (χ1v) is 13.0. The van der Waals surface area contributed by atoms with Gasteiger partial charge in [-0.15, -0.1) is 30.3 Å². The average molecular weight is 636 g/mol. The number of benzene rings is 1. The Hall–Kier alpha value is -5.05. The van der Waals surface area contributed by atoms with Crippen molar-refractivity contribution >= 4 is 23.5 Å². The van der Waals surface area contributed by atoms with Gasteiger partial charge in [0.15, 0.2) is 12.1 Å². The fraction of sp³-hybridized carbons (Fsp3) is 0.609. The number of nitrogens with zero attached hydrogens (tertiary/aromatic N) is 5. The lowest BCUT2D eigenvalue weighted by molar-refractivity contribution is -0.803. The van der Waals surface area contributed by atoms with E-state index in [2.05, 4.69) is 43.6 Å². The zero-order valence-corrected chi connectivity index (χ0v) is 24.9. The van der Waals surface area contributed by atoms with Gasteiger partial charge in [-0.3, -0.25) is 19.5 Å². The predicted octanol–water partition coefficient (Wildman–Crippen LogP) is 0.0155. The molecule has 21 heteroatoms. The van der Waals surface area contributed by atoms with Crippen molar-refractivity contribution in [1.29, 1.82) is 0 Å². The van der Waals surface area contributed by atoms with Gasteiger partial charge in [0.05, 0.1) is 6.54 Å². The van der Waals surface area contributed by atoms with Crippen LogP contribution in [0.15, 0.2) is 23.2 Å². The third-order valence-corrected chi connectivity index (χ3v) is 5.26. The first-order chi connectivity index (χ1) is 20.5. The number of rotatable bonds is 18. The molecule has 1 atom stereocenters. The van der Waals surface area contributed by atoms with Crippen molar-refractivity contribution in [2.24, 2.45) is 22.2 Å². The molecule has 21 nitrogen and oxygen atoms in total. The molecule has 0 spiro atoms. The van der Waals surface area contributed by atoms with E-state index >= 15 is 0 Å². The van der Waals surface area contributed by atoms with Crippen LogP contribution in [0.1, 0.15) is 37.8 Å². The number of nitrogens with one attached hydrogen (secondary N) is 1. The number of hydrogen-bond acceptors (Lipinski definition) is 14. The van der Waals surface area contributed by atoms with Crippen LogP contribution in [-0.4, -0.2) is 94.6 Å². The summed E-state index contributed by atoms with van der Waals surface area (Å²) in [6, 6.07) is 5.21. The zero-order valence-electron chi connectivity index (χ0n) is 24.9. The minimum absolute atomic E-state index is 0.0129. The van der Waals surface area contributed by atoms with E-state index in [9.17, 15) is 39.9 Å². The number of para-hydroxylation sites is 1. The Bertz CT molecular complexity index is 1040. The number of nitrogens with two attached hydrogens (primary N) is 3. The van der Waals surface area contributed by atoms with Crippen molar-refractivity contribution in [1.82, 2.24) is 4.90 Å². The maximum absolute atomic E-state index is 11.9. The van der Waals surface area contributed by atoms with Crippen molar-refractivity contribution in [3.63, 3.8) is 0 Å². The summed E-state index contributed by atoms with van der Waals surface area (Å²) in [5.41, 5.74) is 18.5. The molecule has 0 aromatic heterocycles. The molecular weight excluding hydrogens is 594 g/mol. The molecule has 44 heavy (non-hydrogen) atoms. The Labute approximate surface area is 252 Å². The third kappa shape index (κ3) is 22.6. The second-order valence-electron chi connectivity index (χ2n) is 8.66. The summed E-state index contributed by atoms with van der Waals surface area (Å²) < 4.78 is 0. The van der Waals surface area contributed by atoms with Crippen LogP contribution < -0.4 is 22.5 Å². The summed E-state index contributed by atoms with van der Waals surface area (Å²) >= 11 is 0. The highest BCUT2D eigenvalue weighted by Gasteiger charge is 2.17. The Morgan fingerprint density at radius 2 is 1.50 bits per heavy atom. The number of aryl methyl sites for hydroxylation is 2. The van der Waals surface area contributed by atoms with Gasteiger partial charge in [-0.25, -0.2) is 0 Å². The lowest BCUT2D eigenvalue weighted by atomic mass is 10.1.